The second-order valence-electron chi connectivity index (χ2n) is 8.76. The van der Waals surface area contributed by atoms with E-state index in [1.54, 1.807) is 11.8 Å². The average molecular weight is 446 g/mol. The number of aliphatic hydroxyl groups is 1. The minimum atomic E-state index is -0.380. The fourth-order valence-electron chi connectivity index (χ4n) is 4.07. The van der Waals surface area contributed by atoms with Crippen LogP contribution in [0.3, 0.4) is 0 Å². The molecule has 1 unspecified atom stereocenters. The second kappa shape index (κ2) is 9.98. The number of thioether (sulfide) groups is 1. The van der Waals surface area contributed by atoms with E-state index in [1.807, 2.05) is 25.4 Å². The Labute approximate surface area is 196 Å². The predicted molar refractivity (Wildman–Crippen MR) is 137 cm³/mol. The zero-order valence-corrected chi connectivity index (χ0v) is 20.0. The number of hydrogen-bond donors (Lipinski definition) is 1. The first kappa shape index (κ1) is 22.7. The first-order valence-electron chi connectivity index (χ1n) is 11.4. The Kier molecular flexibility index (Phi) is 7.08. The highest BCUT2D eigenvalue weighted by atomic mass is 32.2. The molecule has 3 aliphatic rings. The highest BCUT2D eigenvalue weighted by molar-refractivity contribution is 8.04. The zero-order chi connectivity index (χ0) is 22.6. The van der Waals surface area contributed by atoms with E-state index < -0.39 is 0 Å². The van der Waals surface area contributed by atoms with Crippen LogP contribution in [0.5, 0.6) is 0 Å². The Bertz CT molecular complexity index is 1090. The van der Waals surface area contributed by atoms with Crippen molar-refractivity contribution in [2.75, 3.05) is 6.61 Å². The minimum Gasteiger partial charge on any atom is -0.511 e. The van der Waals surface area contributed by atoms with Gasteiger partial charge in [-0.25, -0.2) is 0 Å². The lowest BCUT2D eigenvalue weighted by Crippen LogP contribution is -2.22. The van der Waals surface area contributed by atoms with Crippen molar-refractivity contribution in [3.63, 3.8) is 0 Å². The van der Waals surface area contributed by atoms with Crippen LogP contribution < -0.4 is 0 Å². The lowest BCUT2D eigenvalue weighted by Gasteiger charge is -2.30. The third kappa shape index (κ3) is 5.11. The van der Waals surface area contributed by atoms with Gasteiger partial charge in [0.25, 0.3) is 0 Å². The summed E-state index contributed by atoms with van der Waals surface area (Å²) >= 11 is 1.72. The van der Waals surface area contributed by atoms with Crippen molar-refractivity contribution in [3.8, 4) is 11.8 Å². The summed E-state index contributed by atoms with van der Waals surface area (Å²) in [6, 6.07) is 6.63. The van der Waals surface area contributed by atoms with Crippen molar-refractivity contribution in [1.29, 1.82) is 0 Å². The van der Waals surface area contributed by atoms with Gasteiger partial charge in [0.15, 0.2) is 0 Å². The number of fused-ring (bicyclic) bond motifs is 1. The van der Waals surface area contributed by atoms with Crippen molar-refractivity contribution in [1.82, 2.24) is 0 Å². The van der Waals surface area contributed by atoms with Crippen LogP contribution in [0.25, 0.3) is 11.6 Å². The fraction of sp³-hybridized carbons (Fsp3) is 0.393. The molecule has 0 aromatic heterocycles. The summed E-state index contributed by atoms with van der Waals surface area (Å²) in [6.45, 7) is 6.86. The Morgan fingerprint density at radius 1 is 1.28 bits per heavy atom. The molecule has 2 aliphatic carbocycles. The van der Waals surface area contributed by atoms with Crippen LogP contribution in [-0.2, 0) is 11.2 Å². The molecular weight excluding hydrogens is 414 g/mol. The zero-order valence-electron chi connectivity index (χ0n) is 19.1. The molecule has 1 aliphatic heterocycles. The van der Waals surface area contributed by atoms with Crippen molar-refractivity contribution < 1.29 is 9.84 Å². The number of allylic oxidation sites excluding steroid dienone is 3. The van der Waals surface area contributed by atoms with Gasteiger partial charge in [-0.1, -0.05) is 30.0 Å². The second-order valence-corrected chi connectivity index (χ2v) is 10.4. The van der Waals surface area contributed by atoms with E-state index in [9.17, 15) is 5.11 Å². The normalized spacial score (nSPS) is 20.0. The van der Waals surface area contributed by atoms with E-state index in [1.165, 1.54) is 34.3 Å². The number of ether oxygens (including phenoxy) is 1. The molecule has 1 N–H and O–H groups in total. The molecule has 1 fully saturated rings. The van der Waals surface area contributed by atoms with E-state index in [0.29, 0.717) is 12.4 Å². The molecule has 0 bridgehead atoms. The summed E-state index contributed by atoms with van der Waals surface area (Å²) in [6.07, 6.45) is 14.6. The largest absolute Gasteiger partial charge is 0.511 e. The van der Waals surface area contributed by atoms with Gasteiger partial charge < -0.3 is 9.84 Å². The summed E-state index contributed by atoms with van der Waals surface area (Å²) < 4.78 is 5.32. The summed E-state index contributed by atoms with van der Waals surface area (Å²) in [7, 11) is 0. The van der Waals surface area contributed by atoms with Crippen molar-refractivity contribution in [2.45, 2.75) is 63.7 Å². The summed E-state index contributed by atoms with van der Waals surface area (Å²) in [5, 5.41) is 10.9. The van der Waals surface area contributed by atoms with Gasteiger partial charge in [-0.15, -0.1) is 11.8 Å². The summed E-state index contributed by atoms with van der Waals surface area (Å²) in [4.78, 5) is 5.55. The van der Waals surface area contributed by atoms with Crippen LogP contribution in [0.4, 0.5) is 0 Å². The quantitative estimate of drug-likeness (QED) is 0.384. The molecule has 0 spiro atoms. The van der Waals surface area contributed by atoms with Gasteiger partial charge in [-0.05, 0) is 86.1 Å². The third-order valence-corrected chi connectivity index (χ3v) is 7.36. The number of hydrogen-bond acceptors (Lipinski definition) is 4. The Morgan fingerprint density at radius 2 is 2.12 bits per heavy atom. The van der Waals surface area contributed by atoms with E-state index in [-0.39, 0.29) is 10.9 Å². The molecule has 4 heteroatoms. The van der Waals surface area contributed by atoms with Crippen LogP contribution >= 0.6 is 11.8 Å². The molecule has 0 amide bonds. The minimum absolute atomic E-state index is 0.154. The highest BCUT2D eigenvalue weighted by Crippen LogP contribution is 2.45. The van der Waals surface area contributed by atoms with Gasteiger partial charge in [-0.2, -0.15) is 0 Å². The first-order chi connectivity index (χ1) is 15.5. The molecular formula is C28H31NO2S. The van der Waals surface area contributed by atoms with E-state index in [4.69, 9.17) is 4.74 Å². The van der Waals surface area contributed by atoms with Crippen molar-refractivity contribution in [2.24, 2.45) is 4.99 Å². The SMILES string of the molecule is CCOC1C#CCc2ccc(C3=C(SC(C)(C)C(O)=C4CCC4)C=CN=CC3)cc2C=C1. The maximum Gasteiger partial charge on any atom is 0.136 e. The molecule has 32 heavy (non-hydrogen) atoms. The molecule has 0 saturated heterocycles. The molecule has 3 nitrogen and oxygen atoms in total. The van der Waals surface area contributed by atoms with Gasteiger partial charge in [0, 0.05) is 36.8 Å². The third-order valence-electron chi connectivity index (χ3n) is 6.05. The summed E-state index contributed by atoms with van der Waals surface area (Å²) in [5.74, 6) is 6.98. The number of aliphatic imine (C=N–C) groups is 1. The van der Waals surface area contributed by atoms with Gasteiger partial charge in [0.2, 0.25) is 0 Å². The van der Waals surface area contributed by atoms with E-state index in [0.717, 1.165) is 30.6 Å². The number of aliphatic hydroxyl groups excluding tert-OH is 1. The number of nitrogens with zero attached hydrogens (tertiary/aromatic N) is 1. The molecule has 4 rings (SSSR count). The monoisotopic (exact) mass is 445 g/mol. The fourth-order valence-corrected chi connectivity index (χ4v) is 5.32. The Hall–Kier alpha value is -2.48. The van der Waals surface area contributed by atoms with Gasteiger partial charge in [0.1, 0.15) is 11.9 Å². The lowest BCUT2D eigenvalue weighted by molar-refractivity contribution is 0.134. The van der Waals surface area contributed by atoms with Crippen LogP contribution in [0, 0.1) is 11.8 Å². The molecule has 1 heterocycles. The average Bonchev–Trinajstić information content (AvgIpc) is 2.94. The number of rotatable bonds is 6. The van der Waals surface area contributed by atoms with E-state index in [2.05, 4.69) is 61.0 Å². The lowest BCUT2D eigenvalue weighted by atomic mass is 9.88. The smallest absolute Gasteiger partial charge is 0.136 e. The predicted octanol–water partition coefficient (Wildman–Crippen LogP) is 6.87. The molecule has 1 atom stereocenters. The van der Waals surface area contributed by atoms with Crippen LogP contribution in [0.15, 0.2) is 57.8 Å². The Morgan fingerprint density at radius 3 is 2.88 bits per heavy atom. The maximum atomic E-state index is 10.9. The first-order valence-corrected chi connectivity index (χ1v) is 12.2. The molecule has 1 aromatic rings. The topological polar surface area (TPSA) is 41.8 Å². The standard InChI is InChI=1S/C28H31NO2S/c1-4-31-24-10-6-7-20-11-12-23(19-22(20)13-14-24)25-15-17-29-18-16-26(25)32-28(2,3)27(30)21-8-5-9-21/h11-14,16-19,24,30H,4-5,7-9,15H2,1-3H3. The van der Waals surface area contributed by atoms with Crippen molar-refractivity contribution >= 4 is 29.6 Å². The number of benzene rings is 1. The van der Waals surface area contributed by atoms with Gasteiger partial charge in [0.05, 0.1) is 4.75 Å². The maximum absolute atomic E-state index is 10.9. The molecule has 1 saturated carbocycles. The summed E-state index contributed by atoms with van der Waals surface area (Å²) in [5.41, 5.74) is 6.03. The molecule has 166 valence electrons. The van der Waals surface area contributed by atoms with Crippen LogP contribution in [0.2, 0.25) is 0 Å². The highest BCUT2D eigenvalue weighted by Gasteiger charge is 2.31. The Balaban J connectivity index is 1.69. The van der Waals surface area contributed by atoms with E-state index >= 15 is 0 Å². The molecule has 1 aromatic carbocycles. The van der Waals surface area contributed by atoms with Crippen LogP contribution in [-0.4, -0.2) is 28.8 Å². The van der Waals surface area contributed by atoms with Gasteiger partial charge in [-0.3, -0.25) is 4.99 Å². The molecule has 0 radical (unpaired) electrons. The van der Waals surface area contributed by atoms with Gasteiger partial charge >= 0.3 is 0 Å². The van der Waals surface area contributed by atoms with Crippen LogP contribution in [0.1, 0.15) is 63.1 Å². The van der Waals surface area contributed by atoms with Crippen molar-refractivity contribution in [3.05, 3.63) is 69.5 Å².